The van der Waals surface area contributed by atoms with Gasteiger partial charge in [0.15, 0.2) is 0 Å². The fourth-order valence-corrected chi connectivity index (χ4v) is 2.17. The van der Waals surface area contributed by atoms with Crippen LogP contribution in [0.2, 0.25) is 0 Å². The van der Waals surface area contributed by atoms with Gasteiger partial charge in [-0.05, 0) is 42.5 Å². The Morgan fingerprint density at radius 1 is 1.10 bits per heavy atom. The first-order valence-electron chi connectivity index (χ1n) is 7.92. The van der Waals surface area contributed by atoms with Crippen LogP contribution >= 0.6 is 0 Å². The van der Waals surface area contributed by atoms with Crippen LogP contribution in [0.5, 0.6) is 5.75 Å². The van der Waals surface area contributed by atoms with Gasteiger partial charge >= 0.3 is 0 Å². The van der Waals surface area contributed by atoms with Crippen molar-refractivity contribution in [1.29, 1.82) is 0 Å². The van der Waals surface area contributed by atoms with Crippen LogP contribution in [0.25, 0.3) is 0 Å². The molecule has 0 amide bonds. The number of unbranched alkanes of at least 4 members (excludes halogenated alkanes) is 1. The number of benzene rings is 1. The maximum atomic E-state index is 5.94. The van der Waals surface area contributed by atoms with E-state index in [1.165, 1.54) is 24.8 Å². The molecule has 2 nitrogen and oxygen atoms in total. The van der Waals surface area contributed by atoms with Crippen LogP contribution in [0.4, 0.5) is 0 Å². The van der Waals surface area contributed by atoms with Gasteiger partial charge in [-0.1, -0.05) is 53.2 Å². The molecule has 1 aromatic carbocycles. The average molecular weight is 277 g/mol. The molecule has 1 atom stereocenters. The first kappa shape index (κ1) is 17.0. The third-order valence-electron chi connectivity index (χ3n) is 3.65. The summed E-state index contributed by atoms with van der Waals surface area (Å²) < 4.78 is 5.94. The molecule has 114 valence electrons. The smallest absolute Gasteiger partial charge is 0.119 e. The van der Waals surface area contributed by atoms with Gasteiger partial charge in [0, 0.05) is 6.04 Å². The zero-order valence-corrected chi connectivity index (χ0v) is 13.8. The highest BCUT2D eigenvalue weighted by atomic mass is 16.5. The lowest BCUT2D eigenvalue weighted by Gasteiger charge is -2.31. The van der Waals surface area contributed by atoms with E-state index in [1.54, 1.807) is 0 Å². The minimum atomic E-state index is 0.205. The molecule has 0 aromatic heterocycles. The Labute approximate surface area is 124 Å². The second kappa shape index (κ2) is 8.31. The number of hydrogen-bond donors (Lipinski definition) is 1. The molecule has 0 aliphatic rings. The van der Waals surface area contributed by atoms with Gasteiger partial charge in [-0.15, -0.1) is 0 Å². The summed E-state index contributed by atoms with van der Waals surface area (Å²) >= 11 is 0. The zero-order valence-electron chi connectivity index (χ0n) is 13.8. The maximum Gasteiger partial charge on any atom is 0.119 e. The van der Waals surface area contributed by atoms with Crippen LogP contribution < -0.4 is 10.1 Å². The Bertz CT molecular complexity index is 364. The van der Waals surface area contributed by atoms with Crippen LogP contribution in [0, 0.1) is 5.41 Å². The molecule has 0 radical (unpaired) electrons. The highest BCUT2D eigenvalue weighted by molar-refractivity contribution is 5.27. The van der Waals surface area contributed by atoms with Gasteiger partial charge in [0.05, 0.1) is 0 Å². The van der Waals surface area contributed by atoms with Gasteiger partial charge in [-0.2, -0.15) is 0 Å². The Hall–Kier alpha value is -1.02. The van der Waals surface area contributed by atoms with Crippen molar-refractivity contribution in [2.45, 2.75) is 59.9 Å². The van der Waals surface area contributed by atoms with Crippen LogP contribution in [0.15, 0.2) is 24.3 Å². The lowest BCUT2D eigenvalue weighted by Crippen LogP contribution is -2.44. The van der Waals surface area contributed by atoms with Gasteiger partial charge in [-0.25, -0.2) is 0 Å². The molecular weight excluding hydrogens is 246 g/mol. The molecular formula is C18H31NO. The Morgan fingerprint density at radius 2 is 1.75 bits per heavy atom. The van der Waals surface area contributed by atoms with Gasteiger partial charge < -0.3 is 10.1 Å². The maximum absolute atomic E-state index is 5.94. The number of likely N-dealkylation sites (N-methyl/N-ethyl adjacent to an activating group) is 1. The highest BCUT2D eigenvalue weighted by Gasteiger charge is 2.24. The number of nitrogens with one attached hydrogen (secondary N) is 1. The van der Waals surface area contributed by atoms with Crippen LogP contribution in [-0.2, 0) is 6.42 Å². The molecule has 1 rings (SSSR count). The van der Waals surface area contributed by atoms with E-state index in [0.29, 0.717) is 12.6 Å². The van der Waals surface area contributed by atoms with E-state index >= 15 is 0 Å². The Morgan fingerprint density at radius 3 is 2.25 bits per heavy atom. The normalized spacial score (nSPS) is 13.2. The van der Waals surface area contributed by atoms with E-state index in [1.807, 2.05) is 0 Å². The fourth-order valence-electron chi connectivity index (χ4n) is 2.17. The van der Waals surface area contributed by atoms with Gasteiger partial charge in [0.2, 0.25) is 0 Å². The summed E-state index contributed by atoms with van der Waals surface area (Å²) in [5.41, 5.74) is 1.61. The average Bonchev–Trinajstić information content (AvgIpc) is 2.41. The third kappa shape index (κ3) is 5.96. The van der Waals surface area contributed by atoms with E-state index in [2.05, 4.69) is 64.2 Å². The third-order valence-corrected chi connectivity index (χ3v) is 3.65. The fraction of sp³-hybridized carbons (Fsp3) is 0.667. The molecule has 1 aromatic rings. The van der Waals surface area contributed by atoms with Crippen LogP contribution in [0.3, 0.4) is 0 Å². The summed E-state index contributed by atoms with van der Waals surface area (Å²) in [7, 11) is 0. The SMILES string of the molecule is CCCCc1ccc(OCC(NCC)C(C)(C)C)cc1. The first-order valence-corrected chi connectivity index (χ1v) is 7.92. The summed E-state index contributed by atoms with van der Waals surface area (Å²) in [5.74, 6) is 0.970. The number of hydrogen-bond acceptors (Lipinski definition) is 2. The Kier molecular flexibility index (Phi) is 7.08. The molecule has 2 heteroatoms. The minimum Gasteiger partial charge on any atom is -0.492 e. The van der Waals surface area contributed by atoms with Crippen molar-refractivity contribution in [2.24, 2.45) is 5.41 Å². The molecule has 0 spiro atoms. The molecule has 1 unspecified atom stereocenters. The summed E-state index contributed by atoms with van der Waals surface area (Å²) in [6.45, 7) is 12.8. The predicted octanol–water partition coefficient (Wildman–Crippen LogP) is 4.43. The number of ether oxygens (including phenoxy) is 1. The van der Waals surface area contributed by atoms with Crippen molar-refractivity contribution < 1.29 is 4.74 Å². The first-order chi connectivity index (χ1) is 9.47. The zero-order chi connectivity index (χ0) is 15.0. The van der Waals surface area contributed by atoms with Crippen LogP contribution in [0.1, 0.15) is 53.0 Å². The second-order valence-corrected chi connectivity index (χ2v) is 6.53. The largest absolute Gasteiger partial charge is 0.492 e. The number of aryl methyl sites for hydroxylation is 1. The van der Waals surface area contributed by atoms with Crippen LogP contribution in [-0.4, -0.2) is 19.2 Å². The molecule has 0 aliphatic heterocycles. The van der Waals surface area contributed by atoms with E-state index in [9.17, 15) is 0 Å². The lowest BCUT2D eigenvalue weighted by molar-refractivity contribution is 0.176. The predicted molar refractivity (Wildman–Crippen MR) is 87.5 cm³/mol. The summed E-state index contributed by atoms with van der Waals surface area (Å²) in [6, 6.07) is 8.93. The molecule has 0 bridgehead atoms. The van der Waals surface area contributed by atoms with Crippen molar-refractivity contribution in [3.8, 4) is 5.75 Å². The summed E-state index contributed by atoms with van der Waals surface area (Å²) in [5, 5.41) is 3.51. The standard InChI is InChI=1S/C18H31NO/c1-6-8-9-15-10-12-16(13-11-15)20-14-17(19-7-2)18(3,4)5/h10-13,17,19H,6-9,14H2,1-5H3. The Balaban J connectivity index is 2.51. The topological polar surface area (TPSA) is 21.3 Å². The van der Waals surface area contributed by atoms with Gasteiger partial charge in [0.25, 0.3) is 0 Å². The van der Waals surface area contributed by atoms with Gasteiger partial charge in [0.1, 0.15) is 12.4 Å². The van der Waals surface area contributed by atoms with Crippen molar-refractivity contribution in [2.75, 3.05) is 13.2 Å². The molecule has 0 saturated carbocycles. The highest BCUT2D eigenvalue weighted by Crippen LogP contribution is 2.21. The van der Waals surface area contributed by atoms with E-state index in [-0.39, 0.29) is 5.41 Å². The number of rotatable bonds is 8. The van der Waals surface area contributed by atoms with Crippen molar-refractivity contribution in [1.82, 2.24) is 5.32 Å². The minimum absolute atomic E-state index is 0.205. The van der Waals surface area contributed by atoms with Crippen molar-refractivity contribution in [3.05, 3.63) is 29.8 Å². The quantitative estimate of drug-likeness (QED) is 0.759. The summed E-state index contributed by atoms with van der Waals surface area (Å²) in [6.07, 6.45) is 3.67. The molecule has 0 fully saturated rings. The molecule has 0 saturated heterocycles. The molecule has 20 heavy (non-hydrogen) atoms. The van der Waals surface area contributed by atoms with Gasteiger partial charge in [-0.3, -0.25) is 0 Å². The summed E-state index contributed by atoms with van der Waals surface area (Å²) in [4.78, 5) is 0. The van der Waals surface area contributed by atoms with Crippen molar-refractivity contribution in [3.63, 3.8) is 0 Å². The van der Waals surface area contributed by atoms with Crippen molar-refractivity contribution >= 4 is 0 Å². The van der Waals surface area contributed by atoms with E-state index in [4.69, 9.17) is 4.74 Å². The van der Waals surface area contributed by atoms with E-state index in [0.717, 1.165) is 12.3 Å². The molecule has 0 aliphatic carbocycles. The second-order valence-electron chi connectivity index (χ2n) is 6.53. The monoisotopic (exact) mass is 277 g/mol. The van der Waals surface area contributed by atoms with E-state index < -0.39 is 0 Å². The molecule has 1 N–H and O–H groups in total. The molecule has 0 heterocycles. The lowest BCUT2D eigenvalue weighted by atomic mass is 9.87.